The molecule has 3 aromatic heterocycles. The molecule has 0 aliphatic heterocycles. The maximum absolute atomic E-state index is 12.4. The average molecular weight is 476 g/mol. The van der Waals surface area contributed by atoms with Gasteiger partial charge < -0.3 is 14.6 Å². The van der Waals surface area contributed by atoms with Crippen molar-refractivity contribution in [2.75, 3.05) is 11.9 Å². The predicted octanol–water partition coefficient (Wildman–Crippen LogP) is 3.68. The van der Waals surface area contributed by atoms with Gasteiger partial charge in [0.2, 0.25) is 5.91 Å². The molecule has 0 spiro atoms. The number of nitrogens with zero attached hydrogens (tertiary/aromatic N) is 4. The lowest BCUT2D eigenvalue weighted by atomic mass is 9.88. The van der Waals surface area contributed by atoms with Crippen molar-refractivity contribution in [3.05, 3.63) is 70.4 Å². The van der Waals surface area contributed by atoms with E-state index >= 15 is 0 Å². The Balaban J connectivity index is 1.31. The molecule has 9 heteroatoms. The van der Waals surface area contributed by atoms with Crippen molar-refractivity contribution >= 4 is 34.3 Å². The van der Waals surface area contributed by atoms with Gasteiger partial charge in [0.1, 0.15) is 11.1 Å². The van der Waals surface area contributed by atoms with Gasteiger partial charge in [-0.05, 0) is 48.4 Å². The molecule has 1 aliphatic carbocycles. The highest BCUT2D eigenvalue weighted by molar-refractivity contribution is 7.16. The van der Waals surface area contributed by atoms with E-state index in [1.807, 2.05) is 23.9 Å². The number of anilines is 1. The fourth-order valence-electron chi connectivity index (χ4n) is 3.91. The average Bonchev–Trinajstić information content (AvgIpc) is 3.42. The second-order valence-electron chi connectivity index (χ2n) is 8.25. The molecule has 1 atom stereocenters. The Morgan fingerprint density at radius 3 is 3.06 bits per heavy atom. The van der Waals surface area contributed by atoms with E-state index in [4.69, 9.17) is 4.74 Å². The number of hydrogen-bond donors (Lipinski definition) is 1. The number of hydrogen-bond acceptors (Lipinski definition) is 7. The summed E-state index contributed by atoms with van der Waals surface area (Å²) in [4.78, 5) is 33.8. The SMILES string of the molecule is Cn1cnc(CCC(=O)OCC2CCc3c(sc(NC(=O)/C=C/c4cccnc4)c3C#N)C2)c1. The zero-order valence-corrected chi connectivity index (χ0v) is 19.7. The third-order valence-corrected chi connectivity index (χ3v) is 6.82. The van der Waals surface area contributed by atoms with Gasteiger partial charge in [0, 0.05) is 43.0 Å². The summed E-state index contributed by atoms with van der Waals surface area (Å²) < 4.78 is 7.36. The Bertz CT molecular complexity index is 1240. The van der Waals surface area contributed by atoms with Crippen molar-refractivity contribution in [1.29, 1.82) is 5.26 Å². The number of carbonyl (C=O) groups excluding carboxylic acids is 2. The number of imidazole rings is 1. The minimum atomic E-state index is -0.294. The standard InChI is InChI=1S/C25H25N5O3S/c1-30-14-19(28-16-30)6-9-24(32)33-15-18-4-7-20-21(12-26)25(34-22(20)11-18)29-23(31)8-5-17-3-2-10-27-13-17/h2-3,5,8,10,13-14,16,18H,4,6-7,9,11,15H2,1H3,(H,29,31)/b8-5+. The topological polar surface area (TPSA) is 110 Å². The van der Waals surface area contributed by atoms with E-state index in [1.165, 1.54) is 17.4 Å². The van der Waals surface area contributed by atoms with Gasteiger partial charge in [-0.1, -0.05) is 6.07 Å². The van der Waals surface area contributed by atoms with Crippen LogP contribution in [-0.2, 0) is 40.6 Å². The van der Waals surface area contributed by atoms with E-state index in [9.17, 15) is 14.9 Å². The molecule has 3 aromatic rings. The molecule has 1 N–H and O–H groups in total. The molecule has 1 unspecified atom stereocenters. The van der Waals surface area contributed by atoms with Gasteiger partial charge in [0.25, 0.3) is 0 Å². The molecule has 1 amide bonds. The molecule has 0 saturated carbocycles. The third-order valence-electron chi connectivity index (χ3n) is 5.65. The third kappa shape index (κ3) is 5.97. The van der Waals surface area contributed by atoms with Gasteiger partial charge in [0.05, 0.1) is 30.6 Å². The monoisotopic (exact) mass is 475 g/mol. The maximum Gasteiger partial charge on any atom is 0.306 e. The predicted molar refractivity (Wildman–Crippen MR) is 129 cm³/mol. The van der Waals surface area contributed by atoms with Crippen LogP contribution >= 0.6 is 11.3 Å². The van der Waals surface area contributed by atoms with Gasteiger partial charge in [-0.15, -0.1) is 11.3 Å². The number of nitrogens with one attached hydrogen (secondary N) is 1. The van der Waals surface area contributed by atoms with E-state index in [0.29, 0.717) is 30.0 Å². The van der Waals surface area contributed by atoms with Crippen LogP contribution < -0.4 is 5.32 Å². The Kier molecular flexibility index (Phi) is 7.50. The second-order valence-corrected chi connectivity index (χ2v) is 9.36. The van der Waals surface area contributed by atoms with Crippen LogP contribution in [0.25, 0.3) is 6.08 Å². The molecule has 0 aromatic carbocycles. The Morgan fingerprint density at radius 1 is 1.44 bits per heavy atom. The maximum atomic E-state index is 12.4. The van der Waals surface area contributed by atoms with Crippen LogP contribution in [0.15, 0.2) is 43.1 Å². The first-order chi connectivity index (χ1) is 16.5. The second kappa shape index (κ2) is 10.9. The van der Waals surface area contributed by atoms with E-state index < -0.39 is 0 Å². The number of fused-ring (bicyclic) bond motifs is 1. The van der Waals surface area contributed by atoms with Crippen LogP contribution in [-0.4, -0.2) is 33.0 Å². The molecule has 4 rings (SSSR count). The summed E-state index contributed by atoms with van der Waals surface area (Å²) in [7, 11) is 1.89. The Labute approximate surface area is 201 Å². The Morgan fingerprint density at radius 2 is 2.32 bits per heavy atom. The van der Waals surface area contributed by atoms with Crippen LogP contribution in [0.4, 0.5) is 5.00 Å². The lowest BCUT2D eigenvalue weighted by molar-refractivity contribution is -0.145. The minimum Gasteiger partial charge on any atom is -0.465 e. The number of aryl methyl sites for hydroxylation is 2. The van der Waals surface area contributed by atoms with Gasteiger partial charge in [-0.25, -0.2) is 4.98 Å². The highest BCUT2D eigenvalue weighted by atomic mass is 32.1. The summed E-state index contributed by atoms with van der Waals surface area (Å²) >= 11 is 1.43. The molecule has 0 bridgehead atoms. The number of aromatic nitrogens is 3. The molecule has 0 saturated heterocycles. The first-order valence-corrected chi connectivity index (χ1v) is 11.9. The molecule has 1 aliphatic rings. The summed E-state index contributed by atoms with van der Waals surface area (Å²) in [5, 5.41) is 13.1. The summed E-state index contributed by atoms with van der Waals surface area (Å²) in [5.74, 6) is -0.323. The van der Waals surface area contributed by atoms with Crippen LogP contribution in [0, 0.1) is 17.2 Å². The van der Waals surface area contributed by atoms with Crippen molar-refractivity contribution in [2.45, 2.75) is 32.1 Å². The van der Waals surface area contributed by atoms with Gasteiger partial charge >= 0.3 is 5.97 Å². The first kappa shape index (κ1) is 23.4. The number of amides is 1. The van der Waals surface area contributed by atoms with Crippen LogP contribution in [0.2, 0.25) is 0 Å². The highest BCUT2D eigenvalue weighted by Crippen LogP contribution is 2.39. The fraction of sp³-hybridized carbons (Fsp3) is 0.320. The fourth-order valence-corrected chi connectivity index (χ4v) is 5.23. The largest absolute Gasteiger partial charge is 0.465 e. The summed E-state index contributed by atoms with van der Waals surface area (Å²) in [5.41, 5.74) is 3.22. The molecule has 174 valence electrons. The van der Waals surface area contributed by atoms with Gasteiger partial charge in [0.15, 0.2) is 0 Å². The van der Waals surface area contributed by atoms with E-state index in [2.05, 4.69) is 21.4 Å². The smallest absolute Gasteiger partial charge is 0.306 e. The summed E-state index contributed by atoms with van der Waals surface area (Å²) in [6.07, 6.45) is 13.2. The molecular formula is C25H25N5O3S. The van der Waals surface area contributed by atoms with E-state index in [-0.39, 0.29) is 17.8 Å². The van der Waals surface area contributed by atoms with Crippen molar-refractivity contribution in [3.63, 3.8) is 0 Å². The number of nitriles is 1. The molecule has 0 radical (unpaired) electrons. The molecule has 34 heavy (non-hydrogen) atoms. The van der Waals surface area contributed by atoms with Crippen molar-refractivity contribution in [1.82, 2.24) is 14.5 Å². The van der Waals surface area contributed by atoms with Gasteiger partial charge in [-0.2, -0.15) is 5.26 Å². The van der Waals surface area contributed by atoms with Crippen molar-refractivity contribution in [3.8, 4) is 6.07 Å². The number of rotatable bonds is 8. The Hall–Kier alpha value is -3.77. The van der Waals surface area contributed by atoms with E-state index in [1.54, 1.807) is 30.9 Å². The van der Waals surface area contributed by atoms with Crippen LogP contribution in [0.3, 0.4) is 0 Å². The van der Waals surface area contributed by atoms with Crippen LogP contribution in [0.5, 0.6) is 0 Å². The minimum absolute atomic E-state index is 0.200. The molecular weight excluding hydrogens is 450 g/mol. The molecule has 3 heterocycles. The molecule has 0 fully saturated rings. The summed E-state index contributed by atoms with van der Waals surface area (Å²) in [6, 6.07) is 5.90. The lowest BCUT2D eigenvalue weighted by Gasteiger charge is -2.21. The van der Waals surface area contributed by atoms with Gasteiger partial charge in [-0.3, -0.25) is 14.6 Å². The summed E-state index contributed by atoms with van der Waals surface area (Å²) in [6.45, 7) is 0.357. The first-order valence-electron chi connectivity index (χ1n) is 11.1. The number of thiophene rings is 1. The van der Waals surface area contributed by atoms with Crippen molar-refractivity contribution in [2.24, 2.45) is 13.0 Å². The van der Waals surface area contributed by atoms with E-state index in [0.717, 1.165) is 41.0 Å². The molecule has 8 nitrogen and oxygen atoms in total. The quantitative estimate of drug-likeness (QED) is 0.393. The lowest BCUT2D eigenvalue weighted by Crippen LogP contribution is -2.20. The highest BCUT2D eigenvalue weighted by Gasteiger charge is 2.27. The number of ether oxygens (including phenoxy) is 1. The number of esters is 1. The van der Waals surface area contributed by atoms with Crippen molar-refractivity contribution < 1.29 is 14.3 Å². The zero-order valence-electron chi connectivity index (χ0n) is 18.9. The number of carbonyl (C=O) groups is 2. The zero-order chi connectivity index (χ0) is 23.9. The normalized spacial score (nSPS) is 15.0. The number of pyridine rings is 1. The van der Waals surface area contributed by atoms with Crippen LogP contribution in [0.1, 0.15) is 40.1 Å².